The van der Waals surface area contributed by atoms with Crippen molar-refractivity contribution in [2.24, 2.45) is 0 Å². The Hall–Kier alpha value is -0.300. The van der Waals surface area contributed by atoms with Gasteiger partial charge >= 0.3 is 0 Å². The van der Waals surface area contributed by atoms with Crippen LogP contribution in [0.25, 0.3) is 0 Å². The molecule has 0 saturated carbocycles. The number of hydrogen-bond donors (Lipinski definition) is 0. The molecule has 1 radical (unpaired) electrons. The predicted molar refractivity (Wildman–Crippen MR) is 87.7 cm³/mol. The summed E-state index contributed by atoms with van der Waals surface area (Å²) in [6.45, 7) is 9.94. The van der Waals surface area contributed by atoms with Crippen molar-refractivity contribution in [3.63, 3.8) is 0 Å². The van der Waals surface area contributed by atoms with Crippen LogP contribution in [0.4, 0.5) is 0 Å². The molecule has 0 saturated heterocycles. The first-order chi connectivity index (χ1) is 9.12. The molecule has 0 amide bonds. The summed E-state index contributed by atoms with van der Waals surface area (Å²) in [6, 6.07) is 0. The van der Waals surface area contributed by atoms with E-state index in [4.69, 9.17) is 5.32 Å². The quantitative estimate of drug-likeness (QED) is 0.292. The van der Waals surface area contributed by atoms with Crippen LogP contribution in [-0.2, 0) is 0 Å². The smallest absolute Gasteiger partial charge is 0.0479 e. The number of allylic oxidation sites excluding steroid dienone is 1. The first-order valence-electron chi connectivity index (χ1n) is 8.48. The van der Waals surface area contributed by atoms with Crippen molar-refractivity contribution in [2.75, 3.05) is 6.54 Å². The van der Waals surface area contributed by atoms with Gasteiger partial charge in [0.05, 0.1) is 0 Å². The summed E-state index contributed by atoms with van der Waals surface area (Å²) in [6.07, 6.45) is 18.0. The third-order valence-corrected chi connectivity index (χ3v) is 3.51. The van der Waals surface area contributed by atoms with Gasteiger partial charge in [-0.3, -0.25) is 0 Å². The average molecular weight is 266 g/mol. The molecule has 0 aromatic heterocycles. The zero-order valence-electron chi connectivity index (χ0n) is 13.9. The summed E-state index contributed by atoms with van der Waals surface area (Å²) >= 11 is 0. The van der Waals surface area contributed by atoms with Crippen LogP contribution in [0.15, 0.2) is 12.2 Å². The van der Waals surface area contributed by atoms with E-state index in [1.54, 1.807) is 0 Å². The Morgan fingerprint density at radius 3 is 1.95 bits per heavy atom. The fourth-order valence-corrected chi connectivity index (χ4v) is 2.20. The number of rotatable bonds is 13. The lowest BCUT2D eigenvalue weighted by Crippen LogP contribution is -2.31. The zero-order chi connectivity index (χ0) is 14.4. The van der Waals surface area contributed by atoms with Gasteiger partial charge in [-0.15, -0.1) is 0 Å². The average Bonchev–Trinajstić information content (AvgIpc) is 2.37. The molecule has 0 aliphatic carbocycles. The van der Waals surface area contributed by atoms with Crippen LogP contribution >= 0.6 is 0 Å². The summed E-state index contributed by atoms with van der Waals surface area (Å²) < 4.78 is 0. The van der Waals surface area contributed by atoms with Crippen LogP contribution < -0.4 is 5.32 Å². The van der Waals surface area contributed by atoms with E-state index in [0.717, 1.165) is 6.54 Å². The lowest BCUT2D eigenvalue weighted by atomic mass is 10.0. The van der Waals surface area contributed by atoms with Gasteiger partial charge in [-0.1, -0.05) is 77.4 Å². The third kappa shape index (κ3) is 13.9. The van der Waals surface area contributed by atoms with E-state index in [1.165, 1.54) is 64.2 Å². The largest absolute Gasteiger partial charge is 0.232 e. The molecule has 0 N–H and O–H groups in total. The second-order valence-electron chi connectivity index (χ2n) is 6.20. The van der Waals surface area contributed by atoms with Crippen LogP contribution in [-0.4, -0.2) is 12.1 Å². The van der Waals surface area contributed by atoms with Crippen molar-refractivity contribution in [3.05, 3.63) is 12.2 Å². The summed E-state index contributed by atoms with van der Waals surface area (Å²) in [5.74, 6) is 0. The zero-order valence-corrected chi connectivity index (χ0v) is 13.9. The molecule has 1 nitrogen and oxygen atoms in total. The molecule has 0 atom stereocenters. The SMILES string of the molecule is CCCC=CC(C)(C)[N]CCCCCCCCCC. The molecule has 0 fully saturated rings. The van der Waals surface area contributed by atoms with E-state index >= 15 is 0 Å². The molecule has 0 rings (SSSR count). The lowest BCUT2D eigenvalue weighted by Gasteiger charge is -2.20. The molecule has 113 valence electrons. The maximum absolute atomic E-state index is 4.79. The maximum atomic E-state index is 4.79. The van der Waals surface area contributed by atoms with Crippen molar-refractivity contribution < 1.29 is 0 Å². The van der Waals surface area contributed by atoms with Gasteiger partial charge in [-0.25, -0.2) is 5.32 Å². The third-order valence-electron chi connectivity index (χ3n) is 3.51. The van der Waals surface area contributed by atoms with Crippen LogP contribution in [0.1, 0.15) is 91.9 Å². The first-order valence-corrected chi connectivity index (χ1v) is 8.48. The molecule has 0 aliphatic rings. The lowest BCUT2D eigenvalue weighted by molar-refractivity contribution is 0.445. The fourth-order valence-electron chi connectivity index (χ4n) is 2.20. The highest BCUT2D eigenvalue weighted by atomic mass is 14.9. The molecule has 0 aromatic rings. The van der Waals surface area contributed by atoms with Gasteiger partial charge in [-0.05, 0) is 26.7 Å². The molecule has 0 spiro atoms. The standard InChI is InChI=1S/C18H36N/c1-5-7-9-10-11-12-13-15-17-19-18(3,4)16-14-8-6-2/h14,16H,5-13,15,17H2,1-4H3. The predicted octanol–water partition coefficient (Wildman–Crippen LogP) is 5.87. The minimum Gasteiger partial charge on any atom is -0.232 e. The van der Waals surface area contributed by atoms with Crippen molar-refractivity contribution in [3.8, 4) is 0 Å². The Bertz CT molecular complexity index is 206. The van der Waals surface area contributed by atoms with Gasteiger partial charge in [-0.2, -0.15) is 0 Å². The normalized spacial score (nSPS) is 12.4. The van der Waals surface area contributed by atoms with Gasteiger partial charge < -0.3 is 0 Å². The highest BCUT2D eigenvalue weighted by Gasteiger charge is 2.12. The van der Waals surface area contributed by atoms with Crippen LogP contribution in [0.2, 0.25) is 0 Å². The number of unbranched alkanes of at least 4 members (excludes halogenated alkanes) is 8. The highest BCUT2D eigenvalue weighted by Crippen LogP contribution is 2.10. The highest BCUT2D eigenvalue weighted by molar-refractivity contribution is 5.00. The van der Waals surface area contributed by atoms with Gasteiger partial charge in [0.15, 0.2) is 0 Å². The summed E-state index contributed by atoms with van der Waals surface area (Å²) in [5.41, 5.74) is 0.0380. The second kappa shape index (κ2) is 12.7. The van der Waals surface area contributed by atoms with E-state index < -0.39 is 0 Å². The molecule has 0 aliphatic heterocycles. The van der Waals surface area contributed by atoms with Gasteiger partial charge in [0, 0.05) is 12.1 Å². The minimum absolute atomic E-state index is 0.0380. The molecule has 1 heteroatoms. The topological polar surface area (TPSA) is 14.1 Å². The van der Waals surface area contributed by atoms with Crippen LogP contribution in [0.5, 0.6) is 0 Å². The van der Waals surface area contributed by atoms with Gasteiger partial charge in [0.2, 0.25) is 0 Å². The van der Waals surface area contributed by atoms with E-state index in [9.17, 15) is 0 Å². The minimum atomic E-state index is 0.0380. The molecule has 0 aromatic carbocycles. The van der Waals surface area contributed by atoms with E-state index in [2.05, 4.69) is 39.8 Å². The Morgan fingerprint density at radius 1 is 0.789 bits per heavy atom. The Kier molecular flexibility index (Phi) is 12.5. The summed E-state index contributed by atoms with van der Waals surface area (Å²) in [5, 5.41) is 4.79. The van der Waals surface area contributed by atoms with Gasteiger partial charge in [0.1, 0.15) is 0 Å². The van der Waals surface area contributed by atoms with Gasteiger partial charge in [0.25, 0.3) is 0 Å². The van der Waals surface area contributed by atoms with Crippen molar-refractivity contribution in [1.29, 1.82) is 0 Å². The molecule has 0 bridgehead atoms. The van der Waals surface area contributed by atoms with Crippen molar-refractivity contribution >= 4 is 0 Å². The number of hydrogen-bond acceptors (Lipinski definition) is 0. The van der Waals surface area contributed by atoms with E-state index in [-0.39, 0.29) is 5.54 Å². The number of nitrogens with zero attached hydrogens (tertiary/aromatic N) is 1. The van der Waals surface area contributed by atoms with Crippen LogP contribution in [0.3, 0.4) is 0 Å². The Morgan fingerprint density at radius 2 is 1.37 bits per heavy atom. The van der Waals surface area contributed by atoms with Crippen molar-refractivity contribution in [2.45, 2.75) is 97.4 Å². The molecule has 0 heterocycles. The Balaban J connectivity index is 3.37. The molecule has 19 heavy (non-hydrogen) atoms. The van der Waals surface area contributed by atoms with Crippen LogP contribution in [0, 0.1) is 0 Å². The molecule has 0 unspecified atom stereocenters. The molecular weight excluding hydrogens is 230 g/mol. The van der Waals surface area contributed by atoms with E-state index in [0.29, 0.717) is 0 Å². The molecular formula is C18H36N. The monoisotopic (exact) mass is 266 g/mol. The first kappa shape index (κ1) is 18.7. The maximum Gasteiger partial charge on any atom is 0.0479 e. The fraction of sp³-hybridized carbons (Fsp3) is 0.889. The second-order valence-corrected chi connectivity index (χ2v) is 6.20. The summed E-state index contributed by atoms with van der Waals surface area (Å²) in [7, 11) is 0. The van der Waals surface area contributed by atoms with E-state index in [1.807, 2.05) is 0 Å². The van der Waals surface area contributed by atoms with Crippen molar-refractivity contribution in [1.82, 2.24) is 5.32 Å². The Labute approximate surface area is 122 Å². The summed E-state index contributed by atoms with van der Waals surface area (Å²) in [4.78, 5) is 0.